The molecule has 0 radical (unpaired) electrons. The number of carbonyl (C=O) groups excluding carboxylic acids is 1. The maximum Gasteiger partial charge on any atom is 0.262 e. The van der Waals surface area contributed by atoms with Gasteiger partial charge in [0.25, 0.3) is 15.0 Å². The fourth-order valence-electron chi connectivity index (χ4n) is 2.03. The van der Waals surface area contributed by atoms with Crippen molar-refractivity contribution in [2.75, 3.05) is 7.05 Å². The fourth-order valence-corrected chi connectivity index (χ4v) is 4.29. The van der Waals surface area contributed by atoms with Crippen LogP contribution in [0.25, 0.3) is 0 Å². The number of hydrogen-bond acceptors (Lipinski definition) is 3. The van der Waals surface area contributed by atoms with E-state index in [4.69, 9.17) is 10.7 Å². The minimum Gasteiger partial charge on any atom is -0.339 e. The topological polar surface area (TPSA) is 54.5 Å². The number of nitrogens with zero attached hydrogens (tertiary/aromatic N) is 1. The van der Waals surface area contributed by atoms with Crippen LogP contribution in [0.15, 0.2) is 21.5 Å². The van der Waals surface area contributed by atoms with E-state index in [1.165, 1.54) is 4.90 Å². The third kappa shape index (κ3) is 2.99. The second-order valence-electron chi connectivity index (χ2n) is 4.70. The summed E-state index contributed by atoms with van der Waals surface area (Å²) < 4.78 is 36.3. The molecule has 0 saturated heterocycles. The summed E-state index contributed by atoms with van der Waals surface area (Å²) in [7, 11) is 2.73. The van der Waals surface area contributed by atoms with Crippen LogP contribution < -0.4 is 0 Å². The number of rotatable bonds is 3. The zero-order chi connectivity index (χ0) is 15.1. The first kappa shape index (κ1) is 15.7. The smallest absolute Gasteiger partial charge is 0.262 e. The van der Waals surface area contributed by atoms with Crippen molar-refractivity contribution >= 4 is 41.6 Å². The molecule has 1 amide bonds. The van der Waals surface area contributed by atoms with Crippen LogP contribution in [0.2, 0.25) is 0 Å². The van der Waals surface area contributed by atoms with E-state index in [1.807, 2.05) is 0 Å². The van der Waals surface area contributed by atoms with Crippen LogP contribution in [0.3, 0.4) is 0 Å². The summed E-state index contributed by atoms with van der Waals surface area (Å²) in [6.45, 7) is 0. The molecule has 0 aromatic heterocycles. The van der Waals surface area contributed by atoms with E-state index in [1.54, 1.807) is 7.05 Å². The van der Waals surface area contributed by atoms with Crippen LogP contribution in [0.1, 0.15) is 29.6 Å². The second kappa shape index (κ2) is 5.61. The molecule has 0 heterocycles. The highest BCUT2D eigenvalue weighted by molar-refractivity contribution is 9.10. The summed E-state index contributed by atoms with van der Waals surface area (Å²) >= 11 is 3.03. The number of amides is 1. The lowest BCUT2D eigenvalue weighted by Crippen LogP contribution is -2.41. The van der Waals surface area contributed by atoms with E-state index >= 15 is 0 Å². The van der Waals surface area contributed by atoms with Crippen LogP contribution in [-0.2, 0) is 9.05 Å². The predicted octanol–water partition coefficient (Wildman–Crippen LogP) is 3.14. The Morgan fingerprint density at radius 1 is 1.45 bits per heavy atom. The van der Waals surface area contributed by atoms with Crippen molar-refractivity contribution in [1.82, 2.24) is 4.90 Å². The van der Waals surface area contributed by atoms with Gasteiger partial charge < -0.3 is 4.90 Å². The molecule has 1 aliphatic carbocycles. The maximum atomic E-state index is 13.5. The number of hydrogen-bond donors (Lipinski definition) is 0. The quantitative estimate of drug-likeness (QED) is 0.752. The first-order valence-corrected chi connectivity index (χ1v) is 9.03. The summed E-state index contributed by atoms with van der Waals surface area (Å²) in [5.74, 6) is -1.25. The van der Waals surface area contributed by atoms with Gasteiger partial charge in [-0.1, -0.05) is 0 Å². The van der Waals surface area contributed by atoms with Gasteiger partial charge in [0.05, 0.1) is 10.0 Å². The van der Waals surface area contributed by atoms with E-state index in [-0.39, 0.29) is 16.1 Å². The highest BCUT2D eigenvalue weighted by Crippen LogP contribution is 2.32. The molecule has 1 aromatic rings. The first-order chi connectivity index (χ1) is 9.21. The zero-order valence-electron chi connectivity index (χ0n) is 10.6. The van der Waals surface area contributed by atoms with Crippen LogP contribution in [0.4, 0.5) is 4.39 Å². The van der Waals surface area contributed by atoms with Gasteiger partial charge in [-0.15, -0.1) is 0 Å². The normalized spacial score (nSPS) is 15.8. The molecule has 20 heavy (non-hydrogen) atoms. The molecule has 8 heteroatoms. The third-order valence-electron chi connectivity index (χ3n) is 3.44. The van der Waals surface area contributed by atoms with Crippen molar-refractivity contribution < 1.29 is 17.6 Å². The van der Waals surface area contributed by atoms with E-state index in [2.05, 4.69) is 15.9 Å². The van der Waals surface area contributed by atoms with Crippen LogP contribution in [0, 0.1) is 5.82 Å². The molecule has 1 saturated carbocycles. The minimum absolute atomic E-state index is 0.00919. The molecule has 0 unspecified atom stereocenters. The van der Waals surface area contributed by atoms with Gasteiger partial charge in [-0.25, -0.2) is 12.8 Å². The highest BCUT2D eigenvalue weighted by Gasteiger charge is 2.29. The largest absolute Gasteiger partial charge is 0.339 e. The van der Waals surface area contributed by atoms with Crippen molar-refractivity contribution in [3.05, 3.63) is 28.0 Å². The first-order valence-electron chi connectivity index (χ1n) is 5.92. The molecular weight excluding hydrogens is 373 g/mol. The predicted molar refractivity (Wildman–Crippen MR) is 76.9 cm³/mol. The van der Waals surface area contributed by atoms with Gasteiger partial charge in [0.1, 0.15) is 10.7 Å². The Balaban J connectivity index is 2.46. The Kier molecular flexibility index (Phi) is 4.41. The standard InChI is InChI=1S/C12H12BrClFNO3S/c1-16(8-3-2-4-8)12(17)9-5-7(15)6-10(11(9)13)20(14,18)19/h5-6,8H,2-4H2,1H3. The highest BCUT2D eigenvalue weighted by atomic mass is 79.9. The molecule has 0 bridgehead atoms. The van der Waals surface area contributed by atoms with Crippen molar-refractivity contribution in [1.29, 1.82) is 0 Å². The molecule has 0 atom stereocenters. The third-order valence-corrected chi connectivity index (χ3v) is 5.90. The summed E-state index contributed by atoms with van der Waals surface area (Å²) in [6, 6.07) is 1.91. The molecular formula is C12H12BrClFNO3S. The van der Waals surface area contributed by atoms with Gasteiger partial charge in [-0.05, 0) is 47.3 Å². The molecule has 0 spiro atoms. The number of halogens is 3. The lowest BCUT2D eigenvalue weighted by molar-refractivity contribution is 0.0650. The Bertz CT molecular complexity index is 661. The van der Waals surface area contributed by atoms with Crippen LogP contribution in [0.5, 0.6) is 0 Å². The molecule has 2 rings (SSSR count). The lowest BCUT2D eigenvalue weighted by atomic mass is 9.91. The lowest BCUT2D eigenvalue weighted by Gasteiger charge is -2.35. The Morgan fingerprint density at radius 2 is 2.05 bits per heavy atom. The van der Waals surface area contributed by atoms with Crippen molar-refractivity contribution in [3.63, 3.8) is 0 Å². The molecule has 0 aliphatic heterocycles. The zero-order valence-corrected chi connectivity index (χ0v) is 13.7. The Morgan fingerprint density at radius 3 is 2.50 bits per heavy atom. The minimum atomic E-state index is -4.13. The average Bonchev–Trinajstić information content (AvgIpc) is 2.27. The van der Waals surface area contributed by atoms with Gasteiger partial charge in [0, 0.05) is 23.8 Å². The van der Waals surface area contributed by atoms with Gasteiger partial charge >= 0.3 is 0 Å². The van der Waals surface area contributed by atoms with Crippen LogP contribution >= 0.6 is 26.6 Å². The van der Waals surface area contributed by atoms with Crippen molar-refractivity contribution in [2.24, 2.45) is 0 Å². The van der Waals surface area contributed by atoms with E-state index in [0.717, 1.165) is 31.4 Å². The Labute approximate surface area is 129 Å². The molecule has 1 aliphatic rings. The van der Waals surface area contributed by atoms with Crippen molar-refractivity contribution in [3.8, 4) is 0 Å². The molecule has 0 N–H and O–H groups in total. The van der Waals surface area contributed by atoms with Gasteiger partial charge in [-0.3, -0.25) is 4.79 Å². The average molecular weight is 385 g/mol. The van der Waals surface area contributed by atoms with Gasteiger partial charge in [-0.2, -0.15) is 0 Å². The van der Waals surface area contributed by atoms with E-state index in [9.17, 15) is 17.6 Å². The van der Waals surface area contributed by atoms with Crippen molar-refractivity contribution in [2.45, 2.75) is 30.2 Å². The monoisotopic (exact) mass is 383 g/mol. The summed E-state index contributed by atoms with van der Waals surface area (Å²) in [6.07, 6.45) is 2.85. The molecule has 110 valence electrons. The SMILES string of the molecule is CN(C(=O)c1cc(F)cc(S(=O)(=O)Cl)c1Br)C1CCC1. The fraction of sp³-hybridized carbons (Fsp3) is 0.417. The number of benzene rings is 1. The second-order valence-corrected chi connectivity index (χ2v) is 8.03. The maximum absolute atomic E-state index is 13.5. The summed E-state index contributed by atoms with van der Waals surface area (Å²) in [4.78, 5) is 13.4. The summed E-state index contributed by atoms with van der Waals surface area (Å²) in [5.41, 5.74) is -0.0429. The van der Waals surface area contributed by atoms with E-state index < -0.39 is 25.7 Å². The summed E-state index contributed by atoms with van der Waals surface area (Å²) in [5, 5.41) is 0. The molecule has 4 nitrogen and oxygen atoms in total. The van der Waals surface area contributed by atoms with Gasteiger partial charge in [0.15, 0.2) is 0 Å². The van der Waals surface area contributed by atoms with Crippen LogP contribution in [-0.4, -0.2) is 32.3 Å². The number of carbonyl (C=O) groups is 1. The Hall–Kier alpha value is -0.660. The molecule has 1 fully saturated rings. The van der Waals surface area contributed by atoms with Gasteiger partial charge in [0.2, 0.25) is 0 Å². The van der Waals surface area contributed by atoms with E-state index in [0.29, 0.717) is 0 Å². The molecule has 1 aromatic carbocycles.